The summed E-state index contributed by atoms with van der Waals surface area (Å²) in [5.74, 6) is 0.230. The van der Waals surface area contributed by atoms with Crippen molar-refractivity contribution in [2.45, 2.75) is 77.6 Å². The van der Waals surface area contributed by atoms with Crippen LogP contribution in [0.15, 0.2) is 42.0 Å². The van der Waals surface area contributed by atoms with Gasteiger partial charge in [-0.1, -0.05) is 12.1 Å². The number of nitrogens with zero attached hydrogens (tertiary/aromatic N) is 5. The summed E-state index contributed by atoms with van der Waals surface area (Å²) in [6.45, 7) is 9.01. The summed E-state index contributed by atoms with van der Waals surface area (Å²) < 4.78 is 5.51. The smallest absolute Gasteiger partial charge is 0.410 e. The second-order valence-corrected chi connectivity index (χ2v) is 12.6. The first-order chi connectivity index (χ1) is 19.6. The molecule has 2 aliphatic rings. The number of carbonyl (C=O) groups excluding carboxylic acids is 3. The number of piperidine rings is 1. The average Bonchev–Trinajstić information content (AvgIpc) is 3.70. The molecule has 1 aliphatic carbocycles. The maximum absolute atomic E-state index is 13.6. The van der Waals surface area contributed by atoms with E-state index in [-0.39, 0.29) is 30.0 Å². The van der Waals surface area contributed by atoms with Crippen LogP contribution >= 0.6 is 11.3 Å². The lowest BCUT2D eigenvalue weighted by molar-refractivity contribution is 0.0142. The van der Waals surface area contributed by atoms with E-state index in [2.05, 4.69) is 20.3 Å². The summed E-state index contributed by atoms with van der Waals surface area (Å²) in [4.78, 5) is 55.5. The summed E-state index contributed by atoms with van der Waals surface area (Å²) in [5.41, 5.74) is 2.04. The van der Waals surface area contributed by atoms with Crippen molar-refractivity contribution in [2.24, 2.45) is 0 Å². The van der Waals surface area contributed by atoms with Crippen LogP contribution in [-0.2, 0) is 11.3 Å². The van der Waals surface area contributed by atoms with E-state index in [1.807, 2.05) is 38.0 Å². The van der Waals surface area contributed by atoms with Crippen LogP contribution in [0, 0.1) is 6.92 Å². The largest absolute Gasteiger partial charge is 0.444 e. The molecule has 0 radical (unpaired) electrons. The Bertz CT molecular complexity index is 1390. The highest BCUT2D eigenvalue weighted by Gasteiger charge is 2.40. The number of nitrogens with one attached hydrogen (secondary N) is 1. The number of likely N-dealkylation sites (tertiary alicyclic amines) is 1. The molecule has 11 heteroatoms. The van der Waals surface area contributed by atoms with Crippen molar-refractivity contribution in [3.05, 3.63) is 63.9 Å². The van der Waals surface area contributed by atoms with E-state index in [0.717, 1.165) is 29.1 Å². The predicted molar refractivity (Wildman–Crippen MR) is 156 cm³/mol. The molecule has 2 fully saturated rings. The first kappa shape index (κ1) is 28.7. The highest BCUT2D eigenvalue weighted by atomic mass is 32.1. The van der Waals surface area contributed by atoms with Crippen molar-refractivity contribution in [1.29, 1.82) is 0 Å². The van der Waals surface area contributed by atoms with E-state index in [4.69, 9.17) is 4.74 Å². The fraction of sp³-hybridized carbons (Fsp3) is 0.467. The Kier molecular flexibility index (Phi) is 8.35. The zero-order valence-electron chi connectivity index (χ0n) is 23.9. The Hall–Kier alpha value is -3.86. The predicted octanol–water partition coefficient (Wildman–Crippen LogP) is 4.84. The van der Waals surface area contributed by atoms with Crippen LogP contribution in [0.2, 0.25) is 0 Å². The van der Waals surface area contributed by atoms with Gasteiger partial charge in [0.1, 0.15) is 5.60 Å². The maximum atomic E-state index is 13.6. The quantitative estimate of drug-likeness (QED) is 0.428. The third-order valence-electron chi connectivity index (χ3n) is 7.09. The molecule has 1 saturated heterocycles. The zero-order chi connectivity index (χ0) is 29.1. The second-order valence-electron chi connectivity index (χ2n) is 11.6. The fourth-order valence-electron chi connectivity index (χ4n) is 4.91. The molecule has 2 aromatic heterocycles. The Morgan fingerprint density at radius 3 is 2.20 bits per heavy atom. The number of aryl methyl sites for hydroxylation is 1. The normalized spacial score (nSPS) is 15.9. The van der Waals surface area contributed by atoms with Gasteiger partial charge in [0.25, 0.3) is 11.8 Å². The number of thiazole rings is 1. The van der Waals surface area contributed by atoms with Crippen molar-refractivity contribution in [3.8, 4) is 11.4 Å². The molecule has 1 N–H and O–H groups in total. The zero-order valence-corrected chi connectivity index (χ0v) is 24.7. The Balaban J connectivity index is 1.18. The van der Waals surface area contributed by atoms with Crippen molar-refractivity contribution >= 4 is 29.2 Å². The minimum atomic E-state index is -0.534. The van der Waals surface area contributed by atoms with E-state index < -0.39 is 5.60 Å². The molecule has 1 saturated carbocycles. The lowest BCUT2D eigenvalue weighted by Gasteiger charge is -2.39. The minimum absolute atomic E-state index is 0.0617. The van der Waals surface area contributed by atoms with Crippen LogP contribution in [0.5, 0.6) is 0 Å². The first-order valence-corrected chi connectivity index (χ1v) is 14.9. The number of hydrogen-bond acceptors (Lipinski definition) is 8. The van der Waals surface area contributed by atoms with Crippen molar-refractivity contribution in [3.63, 3.8) is 0 Å². The van der Waals surface area contributed by atoms with Gasteiger partial charge >= 0.3 is 6.09 Å². The summed E-state index contributed by atoms with van der Waals surface area (Å²) in [7, 11) is 0. The highest BCUT2D eigenvalue weighted by Crippen LogP contribution is 2.33. The Morgan fingerprint density at radius 2 is 1.63 bits per heavy atom. The number of rotatable bonds is 7. The van der Waals surface area contributed by atoms with Crippen LogP contribution in [-0.4, -0.2) is 73.4 Å². The molecular weight excluding hydrogens is 540 g/mol. The molecule has 216 valence electrons. The molecule has 3 aromatic rings. The van der Waals surface area contributed by atoms with E-state index in [1.165, 1.54) is 0 Å². The third kappa shape index (κ3) is 7.27. The number of amides is 3. The fourth-order valence-corrected chi connectivity index (χ4v) is 5.52. The van der Waals surface area contributed by atoms with Crippen LogP contribution < -0.4 is 5.32 Å². The molecule has 0 spiro atoms. The lowest BCUT2D eigenvalue weighted by Crippen LogP contribution is -2.50. The maximum Gasteiger partial charge on any atom is 0.410 e. The van der Waals surface area contributed by atoms with Crippen molar-refractivity contribution < 1.29 is 19.1 Å². The standard InChI is InChI=1S/C30H36N6O4S/c1-19-34-23(18-41-19)17-33-27(37)21-7-5-20(6-8-21)26-31-15-22(16-32-26)28(38)36(24-9-10-24)25-11-13-35(14-12-25)29(39)40-30(2,3)4/h5-8,15-16,18,24-25H,9-14,17H2,1-4H3,(H,33,37). The molecule has 3 amide bonds. The third-order valence-corrected chi connectivity index (χ3v) is 7.91. The molecule has 0 bridgehead atoms. The van der Waals surface area contributed by atoms with Crippen LogP contribution in [0.25, 0.3) is 11.4 Å². The SMILES string of the molecule is Cc1nc(CNC(=O)c2ccc(-c3ncc(C(=O)N(C4CC4)C4CCN(C(=O)OC(C)(C)C)CC4)cn3)cc2)cs1. The molecule has 0 unspecified atom stereocenters. The van der Waals surface area contributed by atoms with Gasteiger partial charge in [0.05, 0.1) is 22.8 Å². The highest BCUT2D eigenvalue weighted by molar-refractivity contribution is 7.09. The topological polar surface area (TPSA) is 118 Å². The van der Waals surface area contributed by atoms with E-state index in [0.29, 0.717) is 49.4 Å². The van der Waals surface area contributed by atoms with Gasteiger partial charge in [0, 0.05) is 54.1 Å². The summed E-state index contributed by atoms with van der Waals surface area (Å²) in [6, 6.07) is 7.35. The lowest BCUT2D eigenvalue weighted by atomic mass is 10.0. The van der Waals surface area contributed by atoms with Gasteiger partial charge in [-0.2, -0.15) is 0 Å². The van der Waals surface area contributed by atoms with Gasteiger partial charge in [-0.05, 0) is 65.5 Å². The second kappa shape index (κ2) is 11.9. The molecular formula is C30H36N6O4S. The molecule has 41 heavy (non-hydrogen) atoms. The summed E-state index contributed by atoms with van der Waals surface area (Å²) in [5, 5.41) is 5.78. The van der Waals surface area contributed by atoms with E-state index >= 15 is 0 Å². The van der Waals surface area contributed by atoms with Crippen LogP contribution in [0.3, 0.4) is 0 Å². The summed E-state index contributed by atoms with van der Waals surface area (Å²) >= 11 is 1.55. The number of carbonyl (C=O) groups is 3. The van der Waals surface area contributed by atoms with E-state index in [1.54, 1.807) is 52.9 Å². The number of hydrogen-bond donors (Lipinski definition) is 1. The van der Waals surface area contributed by atoms with Crippen molar-refractivity contribution in [1.82, 2.24) is 30.1 Å². The average molecular weight is 577 g/mol. The van der Waals surface area contributed by atoms with Crippen molar-refractivity contribution in [2.75, 3.05) is 13.1 Å². The van der Waals surface area contributed by atoms with Gasteiger partial charge < -0.3 is 19.9 Å². The van der Waals surface area contributed by atoms with Gasteiger partial charge in [-0.3, -0.25) is 9.59 Å². The molecule has 5 rings (SSSR count). The van der Waals surface area contributed by atoms with Gasteiger partial charge in [0.2, 0.25) is 0 Å². The Labute approximate surface area is 244 Å². The molecule has 10 nitrogen and oxygen atoms in total. The molecule has 0 atom stereocenters. The van der Waals surface area contributed by atoms with E-state index in [9.17, 15) is 14.4 Å². The summed E-state index contributed by atoms with van der Waals surface area (Å²) in [6.07, 6.45) is 6.25. The number of aromatic nitrogens is 3. The van der Waals surface area contributed by atoms with Crippen LogP contribution in [0.4, 0.5) is 4.79 Å². The Morgan fingerprint density at radius 1 is 1.00 bits per heavy atom. The first-order valence-electron chi connectivity index (χ1n) is 14.0. The van der Waals surface area contributed by atoms with Gasteiger partial charge in [0.15, 0.2) is 5.82 Å². The van der Waals surface area contributed by atoms with Gasteiger partial charge in [-0.15, -0.1) is 11.3 Å². The minimum Gasteiger partial charge on any atom is -0.444 e. The van der Waals surface area contributed by atoms with Gasteiger partial charge in [-0.25, -0.2) is 19.7 Å². The number of ether oxygens (including phenoxy) is 1. The van der Waals surface area contributed by atoms with Crippen LogP contribution in [0.1, 0.15) is 77.9 Å². The molecule has 1 aromatic carbocycles. The number of benzene rings is 1. The monoisotopic (exact) mass is 576 g/mol. The molecule has 1 aliphatic heterocycles. The molecule has 3 heterocycles.